The highest BCUT2D eigenvalue weighted by atomic mass is 32.1. The summed E-state index contributed by atoms with van der Waals surface area (Å²) in [4.78, 5) is 41.4. The maximum atomic E-state index is 13.2. The fraction of sp³-hybridized carbons (Fsp3) is 0.379. The molecule has 1 unspecified atom stereocenters. The minimum atomic E-state index is -0.110. The van der Waals surface area contributed by atoms with Crippen molar-refractivity contribution in [3.8, 4) is 11.4 Å². The summed E-state index contributed by atoms with van der Waals surface area (Å²) in [5.74, 6) is -0.157. The van der Waals surface area contributed by atoms with Gasteiger partial charge in [-0.2, -0.15) is 0 Å². The first kappa shape index (κ1) is 25.1. The fourth-order valence-corrected chi connectivity index (χ4v) is 6.66. The van der Waals surface area contributed by atoms with E-state index in [2.05, 4.69) is 36.1 Å². The van der Waals surface area contributed by atoms with Gasteiger partial charge in [-0.15, -0.1) is 11.3 Å². The lowest BCUT2D eigenvalue weighted by Gasteiger charge is -2.29. The van der Waals surface area contributed by atoms with Crippen LogP contribution in [0.3, 0.4) is 0 Å². The van der Waals surface area contributed by atoms with Gasteiger partial charge in [0.15, 0.2) is 0 Å². The number of benzene rings is 1. The zero-order valence-electron chi connectivity index (χ0n) is 22.0. The number of rotatable bonds is 3. The molecule has 0 bridgehead atoms. The number of hydrogen-bond acceptors (Lipinski definition) is 5. The molecule has 2 amide bonds. The standard InChI is InChI=1S/C27H27N5O2S.C2H6/c1-15-29-23-21(35-15)12-27(2,3)22-19-11-16(6-7-20(19)31-24(22)23)25(33)30-18-8-10-32(14-18)26(34)17-5-4-9-28-13-17;1-2/h4-7,9,11,13,18,31H,8,10,12,14H2,1-3H3,(H,30,33);1-2H3. The number of hydrogen-bond donors (Lipinski definition) is 2. The molecule has 1 saturated heterocycles. The van der Waals surface area contributed by atoms with Crippen LogP contribution in [0, 0.1) is 6.92 Å². The Kier molecular flexibility index (Phi) is 6.62. The van der Waals surface area contributed by atoms with Gasteiger partial charge in [-0.05, 0) is 61.1 Å². The predicted molar refractivity (Wildman–Crippen MR) is 148 cm³/mol. The molecule has 2 N–H and O–H groups in total. The Balaban J connectivity index is 0.00000137. The van der Waals surface area contributed by atoms with Gasteiger partial charge in [-0.1, -0.05) is 27.7 Å². The summed E-state index contributed by atoms with van der Waals surface area (Å²) in [5, 5.41) is 5.29. The molecule has 0 radical (unpaired) electrons. The van der Waals surface area contributed by atoms with Gasteiger partial charge in [0, 0.05) is 52.9 Å². The van der Waals surface area contributed by atoms with Gasteiger partial charge in [0.05, 0.1) is 16.3 Å². The first-order valence-electron chi connectivity index (χ1n) is 12.9. The summed E-state index contributed by atoms with van der Waals surface area (Å²) in [5.41, 5.74) is 5.52. The van der Waals surface area contributed by atoms with Crippen LogP contribution in [0.25, 0.3) is 22.3 Å². The van der Waals surface area contributed by atoms with Crippen molar-refractivity contribution in [1.29, 1.82) is 0 Å². The third-order valence-electron chi connectivity index (χ3n) is 7.10. The van der Waals surface area contributed by atoms with Crippen LogP contribution in [-0.2, 0) is 11.8 Å². The summed E-state index contributed by atoms with van der Waals surface area (Å²) in [6, 6.07) is 9.31. The normalized spacial score (nSPS) is 17.5. The van der Waals surface area contributed by atoms with Crippen LogP contribution < -0.4 is 5.32 Å². The molecule has 1 aliphatic carbocycles. The van der Waals surface area contributed by atoms with Gasteiger partial charge in [0.25, 0.3) is 11.8 Å². The SMILES string of the molecule is CC.Cc1nc2c(s1)CC(C)(C)c1c-2[nH]c2ccc(C(=O)NC3CCN(C(=O)c4cccnc4)C3)cc12. The lowest BCUT2D eigenvalue weighted by atomic mass is 9.75. The van der Waals surface area contributed by atoms with E-state index in [4.69, 9.17) is 4.98 Å². The Labute approximate surface area is 221 Å². The highest BCUT2D eigenvalue weighted by Gasteiger charge is 2.36. The third-order valence-corrected chi connectivity index (χ3v) is 8.07. The second kappa shape index (κ2) is 9.74. The average molecular weight is 516 g/mol. The first-order valence-corrected chi connectivity index (χ1v) is 13.7. The number of pyridine rings is 1. The largest absolute Gasteiger partial charge is 0.353 e. The van der Waals surface area contributed by atoms with Crippen molar-refractivity contribution in [3.05, 3.63) is 69.3 Å². The number of carbonyl (C=O) groups excluding carboxylic acids is 2. The smallest absolute Gasteiger partial charge is 0.255 e. The van der Waals surface area contributed by atoms with Gasteiger partial charge in [0.1, 0.15) is 5.69 Å². The number of fused-ring (bicyclic) bond motifs is 5. The van der Waals surface area contributed by atoms with Crippen molar-refractivity contribution in [2.75, 3.05) is 13.1 Å². The van der Waals surface area contributed by atoms with Gasteiger partial charge < -0.3 is 15.2 Å². The molecule has 37 heavy (non-hydrogen) atoms. The van der Waals surface area contributed by atoms with E-state index >= 15 is 0 Å². The molecule has 192 valence electrons. The molecule has 4 aromatic rings. The molecular formula is C29H33N5O2S. The molecule has 1 fully saturated rings. The molecule has 7 nitrogen and oxygen atoms in total. The van der Waals surface area contributed by atoms with Crippen molar-refractivity contribution in [3.63, 3.8) is 0 Å². The molecular weight excluding hydrogens is 482 g/mol. The van der Waals surface area contributed by atoms with Crippen LogP contribution in [-0.4, -0.2) is 50.8 Å². The maximum Gasteiger partial charge on any atom is 0.255 e. The van der Waals surface area contributed by atoms with E-state index in [9.17, 15) is 9.59 Å². The molecule has 2 aliphatic rings. The highest BCUT2D eigenvalue weighted by molar-refractivity contribution is 7.12. The van der Waals surface area contributed by atoms with E-state index in [1.807, 2.05) is 32.0 Å². The molecule has 6 rings (SSSR count). The number of H-pyrrole nitrogens is 1. The Bertz CT molecular complexity index is 1470. The number of nitrogens with zero attached hydrogens (tertiary/aromatic N) is 3. The van der Waals surface area contributed by atoms with Gasteiger partial charge in [0.2, 0.25) is 0 Å². The van der Waals surface area contributed by atoms with Gasteiger partial charge in [-0.25, -0.2) is 4.98 Å². The topological polar surface area (TPSA) is 91.0 Å². The lowest BCUT2D eigenvalue weighted by Crippen LogP contribution is -2.38. The van der Waals surface area contributed by atoms with Gasteiger partial charge in [-0.3, -0.25) is 14.6 Å². The fourth-order valence-electron chi connectivity index (χ4n) is 5.49. The van der Waals surface area contributed by atoms with E-state index in [0.717, 1.165) is 40.1 Å². The van der Waals surface area contributed by atoms with E-state index in [-0.39, 0.29) is 23.3 Å². The Hall–Kier alpha value is -3.52. The van der Waals surface area contributed by atoms with Crippen LogP contribution in [0.15, 0.2) is 42.7 Å². The second-order valence-corrected chi connectivity index (χ2v) is 11.4. The molecule has 0 spiro atoms. The monoisotopic (exact) mass is 515 g/mol. The van der Waals surface area contributed by atoms with Crippen LogP contribution in [0.2, 0.25) is 0 Å². The summed E-state index contributed by atoms with van der Waals surface area (Å²) < 4.78 is 0. The quantitative estimate of drug-likeness (QED) is 0.377. The minimum Gasteiger partial charge on any atom is -0.353 e. The van der Waals surface area contributed by atoms with Crippen molar-refractivity contribution in [1.82, 2.24) is 25.2 Å². The third kappa shape index (κ3) is 4.55. The van der Waals surface area contributed by atoms with E-state index in [1.54, 1.807) is 40.8 Å². The summed E-state index contributed by atoms with van der Waals surface area (Å²) in [6.45, 7) is 11.7. The zero-order valence-corrected chi connectivity index (χ0v) is 22.8. The molecule has 4 heterocycles. The number of nitrogens with one attached hydrogen (secondary N) is 2. The highest BCUT2D eigenvalue weighted by Crippen LogP contribution is 2.47. The molecule has 1 atom stereocenters. The number of thiazole rings is 1. The van der Waals surface area contributed by atoms with Crippen LogP contribution >= 0.6 is 11.3 Å². The number of amides is 2. The average Bonchev–Trinajstić information content (AvgIpc) is 3.61. The molecule has 8 heteroatoms. The van der Waals surface area contributed by atoms with Gasteiger partial charge >= 0.3 is 0 Å². The molecule has 0 saturated carbocycles. The Morgan fingerprint density at radius 1 is 1.19 bits per heavy atom. The molecule has 1 aliphatic heterocycles. The Morgan fingerprint density at radius 3 is 2.76 bits per heavy atom. The Morgan fingerprint density at radius 2 is 2.00 bits per heavy atom. The minimum absolute atomic E-state index is 0.0471. The van der Waals surface area contributed by atoms with E-state index < -0.39 is 0 Å². The van der Waals surface area contributed by atoms with Crippen molar-refractivity contribution in [2.24, 2.45) is 0 Å². The lowest BCUT2D eigenvalue weighted by molar-refractivity contribution is 0.0782. The summed E-state index contributed by atoms with van der Waals surface area (Å²) >= 11 is 1.77. The number of aromatic amines is 1. The first-order chi connectivity index (χ1) is 17.8. The van der Waals surface area contributed by atoms with Crippen molar-refractivity contribution < 1.29 is 9.59 Å². The van der Waals surface area contributed by atoms with E-state index in [0.29, 0.717) is 24.2 Å². The van der Waals surface area contributed by atoms with Crippen LogP contribution in [0.1, 0.15) is 70.3 Å². The number of aromatic nitrogens is 3. The van der Waals surface area contributed by atoms with E-state index in [1.165, 1.54) is 10.4 Å². The van der Waals surface area contributed by atoms with Crippen molar-refractivity contribution >= 4 is 34.1 Å². The zero-order chi connectivity index (χ0) is 26.3. The summed E-state index contributed by atoms with van der Waals surface area (Å²) in [7, 11) is 0. The maximum absolute atomic E-state index is 13.2. The van der Waals surface area contributed by atoms with Crippen molar-refractivity contribution in [2.45, 2.75) is 58.9 Å². The molecule has 1 aromatic carbocycles. The number of aryl methyl sites for hydroxylation is 1. The number of likely N-dealkylation sites (tertiary alicyclic amines) is 1. The summed E-state index contributed by atoms with van der Waals surface area (Å²) in [6.07, 6.45) is 4.91. The van der Waals surface area contributed by atoms with Crippen LogP contribution in [0.5, 0.6) is 0 Å². The van der Waals surface area contributed by atoms with Crippen LogP contribution in [0.4, 0.5) is 0 Å². The predicted octanol–water partition coefficient (Wildman–Crippen LogP) is 5.50. The molecule has 3 aromatic heterocycles. The number of carbonyl (C=O) groups is 2. The second-order valence-electron chi connectivity index (χ2n) is 10.2.